The molecule has 2 atom stereocenters. The molecule has 4 aliphatic heterocycles. The second-order valence-electron chi connectivity index (χ2n) is 14.6. The summed E-state index contributed by atoms with van der Waals surface area (Å²) in [5.74, 6) is 1.62. The van der Waals surface area contributed by atoms with Crippen LogP contribution in [-0.2, 0) is 351 Å². The van der Waals surface area contributed by atoms with Gasteiger partial charge in [-0.25, -0.2) is 0 Å². The van der Waals surface area contributed by atoms with Crippen molar-refractivity contribution in [1.29, 1.82) is 0 Å². The van der Waals surface area contributed by atoms with Gasteiger partial charge in [0, 0.05) is 354 Å². The predicted molar refractivity (Wildman–Crippen MR) is 447 cm³/mol. The molecule has 2 aromatic rings. The van der Waals surface area contributed by atoms with E-state index in [-0.39, 0.29) is 56.8 Å². The Morgan fingerprint density at radius 1 is 0.500 bits per heavy atom. The number of fused-ring (bicyclic) bond motifs is 2. The zero-order chi connectivity index (χ0) is 62.7. The van der Waals surface area contributed by atoms with Crippen LogP contribution in [0.15, 0.2) is 36.4 Å². The third kappa shape index (κ3) is 33.1. The maximum atomic E-state index is 12.9. The van der Waals surface area contributed by atoms with E-state index in [1.54, 1.807) is 143 Å². The van der Waals surface area contributed by atoms with E-state index in [4.69, 9.17) is 37.6 Å². The van der Waals surface area contributed by atoms with Crippen LogP contribution < -0.4 is 16.4 Å². The highest BCUT2D eigenvalue weighted by Gasteiger charge is 2.46. The van der Waals surface area contributed by atoms with Crippen LogP contribution in [0.25, 0.3) is 0 Å². The number of imide groups is 4. The molecule has 2 unspecified atom stereocenters. The van der Waals surface area contributed by atoms with Gasteiger partial charge in [-0.05, 0) is 55.9 Å². The van der Waals surface area contributed by atoms with Crippen molar-refractivity contribution >= 4 is 363 Å². The number of nitrogens with two attached hydrogens (primary N) is 1. The van der Waals surface area contributed by atoms with Gasteiger partial charge in [-0.2, -0.15) is 0 Å². The fraction of sp³-hybridized carbons (Fsp3) is 0.421. The summed E-state index contributed by atoms with van der Waals surface area (Å²) < 4.78 is 10.6. The largest absolute Gasteiger partial charge is 0.380 e. The lowest BCUT2D eigenvalue weighted by molar-refractivity contribution is -0.137. The first-order chi connectivity index (χ1) is 42.5. The summed E-state index contributed by atoms with van der Waals surface area (Å²) in [7, 11) is 58.2. The molecule has 8 amide bonds. The molecule has 4 aliphatic rings. The molecule has 15 nitrogen and oxygen atoms in total. The van der Waals surface area contributed by atoms with Crippen molar-refractivity contribution in [3.8, 4) is 11.8 Å². The molecule has 4 heterocycles. The Balaban J connectivity index is 0.000000348. The number of benzene rings is 2. The first-order valence-corrected chi connectivity index (χ1v) is 68.1. The van der Waals surface area contributed by atoms with Crippen LogP contribution in [0.1, 0.15) is 105 Å². The van der Waals surface area contributed by atoms with Crippen LogP contribution >= 0.6 is 0 Å². The first kappa shape index (κ1) is 84.4. The Hall–Kier alpha value is 2.14. The summed E-state index contributed by atoms with van der Waals surface area (Å²) in [5.41, 5.74) is 7.63. The highest BCUT2D eigenvalue weighted by molar-refractivity contribution is 8.80. The fourth-order valence-electron chi connectivity index (χ4n) is 6.71. The summed E-state index contributed by atoms with van der Waals surface area (Å²) in [6, 6.07) is 8.06. The van der Waals surface area contributed by atoms with E-state index in [1.807, 2.05) is 176 Å². The van der Waals surface area contributed by atoms with Crippen molar-refractivity contribution in [1.82, 2.24) is 20.4 Å². The standard InChI is InChI=1S/C19H18N2O5.C18H21N3O5.CH4.S35/c1-2-10-26-11-4-6-12-5-3-7-13-16(12)19(25)21(18(13)24)14-8-9-15(22)20-17(14)23;19-8-10-26-9-2-4-11-3-1-5-12-15(11)18(25)21(17(12)24)13-6-7-14(22)20-16(13)23;;1-3-5-7-9-11-13-15-17-19-21-23-25-27-29-31-33-35-34-32-30-28-26-24-22-20-18-16-14-12-10-8-6-4-2/h3,5,7,14H,2,8-11H2,1H3,(H,20,22,23);1,3,5,13H,2,4,6-10,19H2,(H,20,22,23);1H4;. The molecule has 2 fully saturated rings. The van der Waals surface area contributed by atoms with E-state index in [1.165, 1.54) is 17.8 Å². The number of hydrogen-bond donors (Lipinski definition) is 3. The number of carbonyl (C=O) groups excluding carboxylic acids is 8. The van der Waals surface area contributed by atoms with Crippen molar-refractivity contribution in [3.63, 3.8) is 0 Å². The molecule has 0 radical (unpaired) electrons. The summed E-state index contributed by atoms with van der Waals surface area (Å²) in [4.78, 5) is 99.8. The number of carbonyl (C=O) groups is 8. The molecule has 0 spiro atoms. The Morgan fingerprint density at radius 3 is 1.25 bits per heavy atom. The average Bonchev–Trinajstić information content (AvgIpc) is 1.65. The minimum absolute atomic E-state index is 0. The molecular weight excluding hydrogens is 1810 g/mol. The Kier molecular flexibility index (Phi) is 51.9. The van der Waals surface area contributed by atoms with Gasteiger partial charge in [-0.1, -0.05) is 44.4 Å². The quantitative estimate of drug-likeness (QED) is 0.165. The number of nitrogens with zero attached hydrogens (tertiary/aromatic N) is 2. The van der Waals surface area contributed by atoms with Crippen LogP contribution in [0.5, 0.6) is 0 Å². The maximum absolute atomic E-state index is 12.9. The first-order valence-electron chi connectivity index (χ1n) is 22.8. The molecule has 4 N–H and O–H groups in total. The molecular formula is C38H43N5O10S35. The van der Waals surface area contributed by atoms with Gasteiger partial charge in [0.2, 0.25) is 23.6 Å². The van der Waals surface area contributed by atoms with Gasteiger partial charge in [0.1, 0.15) is 18.7 Å². The normalized spacial score (nSPS) is 14.5. The summed E-state index contributed by atoms with van der Waals surface area (Å²) >= 11 is 9.59. The van der Waals surface area contributed by atoms with E-state index < -0.39 is 53.4 Å². The van der Waals surface area contributed by atoms with Gasteiger partial charge in [0.25, 0.3) is 23.6 Å². The van der Waals surface area contributed by atoms with Crippen molar-refractivity contribution in [2.45, 2.75) is 71.4 Å². The van der Waals surface area contributed by atoms with Crippen molar-refractivity contribution in [3.05, 3.63) is 69.8 Å². The van der Waals surface area contributed by atoms with Crippen LogP contribution in [0.3, 0.4) is 0 Å². The number of aryl methyl sites for hydroxylation is 1. The molecule has 0 saturated carbocycles. The molecule has 2 aromatic carbocycles. The Bertz CT molecular complexity index is 4580. The lowest BCUT2D eigenvalue weighted by atomic mass is 9.99. The molecule has 2 saturated heterocycles. The van der Waals surface area contributed by atoms with Gasteiger partial charge in [-0.3, -0.25) is 58.8 Å². The van der Waals surface area contributed by atoms with Crippen LogP contribution in [0.2, 0.25) is 0 Å². The molecule has 6 rings (SSSR count). The summed E-state index contributed by atoms with van der Waals surface area (Å²) in [6.45, 7) is 4.27. The highest BCUT2D eigenvalue weighted by Crippen LogP contribution is 2.31. The van der Waals surface area contributed by atoms with E-state index in [0.29, 0.717) is 55.9 Å². The van der Waals surface area contributed by atoms with Crippen molar-refractivity contribution in [2.24, 2.45) is 5.73 Å². The number of rotatable bonds is 11. The zero-order valence-corrected chi connectivity index (χ0v) is 71.5. The van der Waals surface area contributed by atoms with Crippen molar-refractivity contribution in [2.75, 3.05) is 33.0 Å². The Morgan fingerprint density at radius 2 is 0.875 bits per heavy atom. The molecule has 490 valence electrons. The molecule has 0 bridgehead atoms. The monoisotopic (exact) mass is 1850 g/mol. The maximum Gasteiger partial charge on any atom is 0.263 e. The van der Waals surface area contributed by atoms with E-state index in [9.17, 15) is 38.4 Å². The third-order valence-corrected chi connectivity index (χ3v) is 80.8. The molecule has 0 aliphatic carbocycles. The van der Waals surface area contributed by atoms with Crippen LogP contribution in [-0.4, -0.2) is 102 Å². The van der Waals surface area contributed by atoms with Gasteiger partial charge in [0.15, 0.2) is 0 Å². The van der Waals surface area contributed by atoms with Gasteiger partial charge in [0.05, 0.1) is 28.9 Å². The fourth-order valence-corrected chi connectivity index (χ4v) is 91.8. The lowest BCUT2D eigenvalue weighted by Gasteiger charge is -2.27. The minimum Gasteiger partial charge on any atom is -0.380 e. The van der Waals surface area contributed by atoms with Gasteiger partial charge < -0.3 is 15.2 Å². The Labute approximate surface area is 611 Å². The van der Waals surface area contributed by atoms with Crippen molar-refractivity contribution < 1.29 is 47.8 Å². The predicted octanol–water partition coefficient (Wildman–Crippen LogP) is 1.41. The van der Waals surface area contributed by atoms with E-state index >= 15 is 0 Å². The minimum atomic E-state index is -0.978. The highest BCUT2D eigenvalue weighted by atomic mass is 33.5. The SMILES string of the molecule is C.CCCOCC#Cc1cccc2c1C(=O)N(C1CCC(=O)NC1=O)C2=O.NCCOCCCc1cccc2c1C(=O)N(C1CCC(=O)NC1=O)C2=O.S=S=S=S=S=S=S=S=S=S=S=S=S=S=S=S=S=S=S=S=S=S=S=S=S=S=S=S=S=S=S=S=S=S=S. The summed E-state index contributed by atoms with van der Waals surface area (Å²) in [5, 5.41) is 4.37. The second-order valence-corrected chi connectivity index (χ2v) is 72.9. The topological polar surface area (TPSA) is 212 Å². The summed E-state index contributed by atoms with van der Waals surface area (Å²) in [6.07, 6.45) is 2.63. The van der Waals surface area contributed by atoms with Crippen LogP contribution in [0.4, 0.5) is 0 Å². The lowest BCUT2D eigenvalue weighted by Crippen LogP contribution is -2.54. The third-order valence-electron chi connectivity index (χ3n) is 9.65. The number of ether oxygens (including phenoxy) is 2. The van der Waals surface area contributed by atoms with Crippen LogP contribution in [0, 0.1) is 11.8 Å². The van der Waals surface area contributed by atoms with Gasteiger partial charge >= 0.3 is 0 Å². The number of piperidine rings is 2. The smallest absolute Gasteiger partial charge is 0.263 e. The number of hydrogen-bond acceptors (Lipinski definition) is 13. The van der Waals surface area contributed by atoms with E-state index in [0.717, 1.165) is 21.8 Å². The zero-order valence-electron chi connectivity index (χ0n) is 42.9. The number of nitrogens with one attached hydrogen (secondary N) is 2. The second kappa shape index (κ2) is 54.1. The number of amides is 8. The molecule has 88 heavy (non-hydrogen) atoms. The average molecular weight is 1850 g/mol. The van der Waals surface area contributed by atoms with Gasteiger partial charge in [-0.15, -0.1) is 0 Å². The molecule has 50 heteroatoms. The van der Waals surface area contributed by atoms with E-state index in [2.05, 4.69) is 22.5 Å². The molecule has 0 aromatic heterocycles.